The molecule has 1 aromatic rings. The van der Waals surface area contributed by atoms with Crippen LogP contribution >= 0.6 is 23.2 Å². The summed E-state index contributed by atoms with van der Waals surface area (Å²) in [5.41, 5.74) is 0.761. The van der Waals surface area contributed by atoms with Crippen LogP contribution in [0.15, 0.2) is 18.2 Å². The van der Waals surface area contributed by atoms with Gasteiger partial charge in [0.2, 0.25) is 5.91 Å². The van der Waals surface area contributed by atoms with Crippen molar-refractivity contribution in [1.29, 1.82) is 0 Å². The zero-order valence-corrected chi connectivity index (χ0v) is 16.0. The van der Waals surface area contributed by atoms with Gasteiger partial charge in [-0.15, -0.1) is 0 Å². The fourth-order valence-corrected chi connectivity index (χ4v) is 4.95. The number of likely N-dealkylation sites (tertiary alicyclic amines) is 2. The molecule has 1 aromatic carbocycles. The van der Waals surface area contributed by atoms with E-state index in [1.807, 2.05) is 4.90 Å². The summed E-state index contributed by atoms with van der Waals surface area (Å²) in [5.74, 6) is 0.0364. The second-order valence-electron chi connectivity index (χ2n) is 7.33. The van der Waals surface area contributed by atoms with Gasteiger partial charge in [-0.05, 0) is 44.2 Å². The number of carbonyl (C=O) groups is 2. The van der Waals surface area contributed by atoms with Gasteiger partial charge >= 0.3 is 6.09 Å². The van der Waals surface area contributed by atoms with Crippen molar-refractivity contribution in [3.05, 3.63) is 33.8 Å². The third-order valence-electron chi connectivity index (χ3n) is 5.81. The maximum Gasteiger partial charge on any atom is 0.410 e. The molecule has 3 aliphatic rings. The van der Waals surface area contributed by atoms with E-state index < -0.39 is 0 Å². The number of rotatable bonds is 3. The number of hydrogen-bond donors (Lipinski definition) is 0. The lowest BCUT2D eigenvalue weighted by Gasteiger charge is -2.26. The van der Waals surface area contributed by atoms with E-state index in [-0.39, 0.29) is 30.2 Å². The number of amides is 2. The minimum absolute atomic E-state index is 0.00553. The van der Waals surface area contributed by atoms with Gasteiger partial charge < -0.3 is 14.5 Å². The van der Waals surface area contributed by atoms with Gasteiger partial charge in [0.25, 0.3) is 0 Å². The molecule has 3 fully saturated rings. The molecule has 0 aromatic heterocycles. The summed E-state index contributed by atoms with van der Waals surface area (Å²) in [6.45, 7) is 1.00. The highest BCUT2D eigenvalue weighted by Crippen LogP contribution is 2.36. The SMILES string of the molecule is O=C1C[C@H]2[C@H](CCN2C(=O)OC2CCCC2)N1Cc1c(Cl)cccc1Cl. The average molecular weight is 397 g/mol. The van der Waals surface area contributed by atoms with Crippen LogP contribution in [0.5, 0.6) is 0 Å². The number of halogens is 2. The number of fused-ring (bicyclic) bond motifs is 1. The van der Waals surface area contributed by atoms with Crippen molar-refractivity contribution in [2.24, 2.45) is 0 Å². The van der Waals surface area contributed by atoms with Crippen molar-refractivity contribution in [1.82, 2.24) is 9.80 Å². The van der Waals surface area contributed by atoms with Gasteiger partial charge in [0.15, 0.2) is 0 Å². The van der Waals surface area contributed by atoms with E-state index >= 15 is 0 Å². The van der Waals surface area contributed by atoms with E-state index in [9.17, 15) is 9.59 Å². The Labute approximate surface area is 163 Å². The first kappa shape index (κ1) is 17.9. The second kappa shape index (κ2) is 7.28. The Bertz CT molecular complexity index is 700. The average Bonchev–Trinajstić information content (AvgIpc) is 3.30. The first-order valence-corrected chi connectivity index (χ1v) is 10.00. The predicted octanol–water partition coefficient (Wildman–Crippen LogP) is 4.25. The van der Waals surface area contributed by atoms with Crippen molar-refractivity contribution in [2.45, 2.75) is 63.3 Å². The second-order valence-corrected chi connectivity index (χ2v) is 8.15. The predicted molar refractivity (Wildman–Crippen MR) is 99.3 cm³/mol. The fraction of sp³-hybridized carbons (Fsp3) is 0.579. The number of ether oxygens (including phenoxy) is 1. The maximum absolute atomic E-state index is 12.6. The third-order valence-corrected chi connectivity index (χ3v) is 6.52. The first-order valence-electron chi connectivity index (χ1n) is 9.24. The van der Waals surface area contributed by atoms with Crippen LogP contribution in [0.3, 0.4) is 0 Å². The molecule has 26 heavy (non-hydrogen) atoms. The van der Waals surface area contributed by atoms with Crippen molar-refractivity contribution >= 4 is 35.2 Å². The molecule has 1 saturated carbocycles. The van der Waals surface area contributed by atoms with E-state index in [1.165, 1.54) is 0 Å². The molecule has 5 nitrogen and oxygen atoms in total. The summed E-state index contributed by atoms with van der Waals surface area (Å²) >= 11 is 12.5. The quantitative estimate of drug-likeness (QED) is 0.766. The van der Waals surface area contributed by atoms with Gasteiger partial charge in [-0.3, -0.25) is 4.79 Å². The lowest BCUT2D eigenvalue weighted by molar-refractivity contribution is -0.129. The number of carbonyl (C=O) groups excluding carboxylic acids is 2. The molecule has 0 N–H and O–H groups in total. The van der Waals surface area contributed by atoms with E-state index in [1.54, 1.807) is 23.1 Å². The van der Waals surface area contributed by atoms with Gasteiger partial charge in [0, 0.05) is 35.1 Å². The maximum atomic E-state index is 12.6. The summed E-state index contributed by atoms with van der Waals surface area (Å²) < 4.78 is 5.65. The number of nitrogens with zero attached hydrogens (tertiary/aromatic N) is 2. The van der Waals surface area contributed by atoms with E-state index in [0.717, 1.165) is 37.7 Å². The minimum atomic E-state index is -0.269. The molecule has 2 atom stereocenters. The third kappa shape index (κ3) is 3.27. The smallest absolute Gasteiger partial charge is 0.410 e. The lowest BCUT2D eigenvalue weighted by atomic mass is 10.1. The molecule has 2 aliphatic heterocycles. The zero-order valence-electron chi connectivity index (χ0n) is 14.5. The summed E-state index contributed by atoms with van der Waals surface area (Å²) in [4.78, 5) is 28.7. The molecule has 7 heteroatoms. The molecular formula is C19H22Cl2N2O3. The Hall–Kier alpha value is -1.46. The molecule has 4 rings (SSSR count). The van der Waals surface area contributed by atoms with Crippen molar-refractivity contribution in [3.8, 4) is 0 Å². The molecule has 0 unspecified atom stereocenters. The van der Waals surface area contributed by atoms with Crippen LogP contribution in [0, 0.1) is 0 Å². The van der Waals surface area contributed by atoms with Crippen LogP contribution in [-0.2, 0) is 16.1 Å². The fourth-order valence-electron chi connectivity index (χ4n) is 4.43. The molecule has 140 valence electrons. The van der Waals surface area contributed by atoms with Gasteiger partial charge in [-0.25, -0.2) is 4.79 Å². The minimum Gasteiger partial charge on any atom is -0.446 e. The van der Waals surface area contributed by atoms with Gasteiger partial charge in [0.1, 0.15) is 6.10 Å². The summed E-state index contributed by atoms with van der Waals surface area (Å²) in [7, 11) is 0. The number of hydrogen-bond acceptors (Lipinski definition) is 3. The van der Waals surface area contributed by atoms with Crippen LogP contribution in [0.2, 0.25) is 10.0 Å². The summed E-state index contributed by atoms with van der Waals surface area (Å²) in [6.07, 6.45) is 5.01. The Morgan fingerprint density at radius 2 is 1.81 bits per heavy atom. The van der Waals surface area contributed by atoms with Crippen LogP contribution < -0.4 is 0 Å². The van der Waals surface area contributed by atoms with Gasteiger partial charge in [0.05, 0.1) is 12.1 Å². The molecule has 1 aliphatic carbocycles. The first-order chi connectivity index (χ1) is 12.5. The molecule has 2 heterocycles. The van der Waals surface area contributed by atoms with Crippen molar-refractivity contribution in [3.63, 3.8) is 0 Å². The highest BCUT2D eigenvalue weighted by molar-refractivity contribution is 6.36. The van der Waals surface area contributed by atoms with Crippen LogP contribution in [0.4, 0.5) is 4.79 Å². The van der Waals surface area contributed by atoms with E-state index in [2.05, 4.69) is 0 Å². The summed E-state index contributed by atoms with van der Waals surface area (Å²) in [5, 5.41) is 1.12. The van der Waals surface area contributed by atoms with Gasteiger partial charge in [-0.2, -0.15) is 0 Å². The summed E-state index contributed by atoms with van der Waals surface area (Å²) in [6, 6.07) is 5.24. The highest BCUT2D eigenvalue weighted by atomic mass is 35.5. The van der Waals surface area contributed by atoms with E-state index in [4.69, 9.17) is 27.9 Å². The monoisotopic (exact) mass is 396 g/mol. The van der Waals surface area contributed by atoms with E-state index in [0.29, 0.717) is 29.6 Å². The topological polar surface area (TPSA) is 49.9 Å². The highest BCUT2D eigenvalue weighted by Gasteiger charge is 2.49. The number of benzene rings is 1. The van der Waals surface area contributed by atoms with Crippen LogP contribution in [-0.4, -0.2) is 46.5 Å². The largest absolute Gasteiger partial charge is 0.446 e. The molecular weight excluding hydrogens is 375 g/mol. The Kier molecular flexibility index (Phi) is 5.02. The molecule has 2 amide bonds. The standard InChI is InChI=1S/C19H22Cl2N2O3/c20-14-6-3-7-15(21)13(14)11-23-16-8-9-22(17(16)10-18(23)24)19(25)26-12-4-1-2-5-12/h3,6-7,12,16-17H,1-2,4-5,8-11H2/t16-,17-/m0/s1. The molecule has 0 bridgehead atoms. The molecule has 0 spiro atoms. The van der Waals surface area contributed by atoms with Crippen LogP contribution in [0.1, 0.15) is 44.1 Å². The molecule has 0 radical (unpaired) electrons. The lowest BCUT2D eigenvalue weighted by Crippen LogP contribution is -2.41. The Balaban J connectivity index is 1.46. The molecule has 2 saturated heterocycles. The van der Waals surface area contributed by atoms with Crippen LogP contribution in [0.25, 0.3) is 0 Å². The van der Waals surface area contributed by atoms with Crippen molar-refractivity contribution < 1.29 is 14.3 Å². The zero-order chi connectivity index (χ0) is 18.3. The van der Waals surface area contributed by atoms with Gasteiger partial charge in [-0.1, -0.05) is 29.3 Å². The van der Waals surface area contributed by atoms with Crippen molar-refractivity contribution in [2.75, 3.05) is 6.54 Å². The Morgan fingerprint density at radius 1 is 1.12 bits per heavy atom. The Morgan fingerprint density at radius 3 is 2.50 bits per heavy atom. The normalized spacial score (nSPS) is 25.8.